The fraction of sp³-hybridized carbons (Fsp3) is 0.360. The minimum Gasteiger partial charge on any atom is -0.497 e. The highest BCUT2D eigenvalue weighted by atomic mass is 16.5. The summed E-state index contributed by atoms with van der Waals surface area (Å²) >= 11 is 0. The summed E-state index contributed by atoms with van der Waals surface area (Å²) in [6.07, 6.45) is 0.781. The van der Waals surface area contributed by atoms with Crippen molar-refractivity contribution >= 4 is 16.9 Å². The minimum absolute atomic E-state index is 0.123. The van der Waals surface area contributed by atoms with Crippen LogP contribution in [0.1, 0.15) is 53.6 Å². The second-order valence-electron chi connectivity index (χ2n) is 8.12. The molecule has 1 aromatic heterocycles. The normalized spacial score (nSPS) is 15.7. The van der Waals surface area contributed by atoms with Gasteiger partial charge in [0.05, 0.1) is 30.2 Å². The molecule has 6 nitrogen and oxygen atoms in total. The number of rotatable bonds is 7. The largest absolute Gasteiger partial charge is 0.497 e. The van der Waals surface area contributed by atoms with Crippen molar-refractivity contribution in [3.8, 4) is 5.75 Å². The van der Waals surface area contributed by atoms with Crippen molar-refractivity contribution in [3.05, 3.63) is 75.1 Å². The summed E-state index contributed by atoms with van der Waals surface area (Å²) < 4.78 is 17.0. The Kier molecular flexibility index (Phi) is 5.83. The first kappa shape index (κ1) is 21.1. The van der Waals surface area contributed by atoms with E-state index in [1.807, 2.05) is 57.2 Å². The van der Waals surface area contributed by atoms with E-state index in [0.29, 0.717) is 41.9 Å². The maximum absolute atomic E-state index is 13.5. The van der Waals surface area contributed by atoms with Crippen LogP contribution in [0.4, 0.5) is 0 Å². The molecular formula is C25H27NO5. The van der Waals surface area contributed by atoms with Crippen molar-refractivity contribution < 1.29 is 18.7 Å². The average Bonchev–Trinajstić information content (AvgIpc) is 3.04. The van der Waals surface area contributed by atoms with Gasteiger partial charge in [0, 0.05) is 13.2 Å². The average molecular weight is 421 g/mol. The zero-order valence-corrected chi connectivity index (χ0v) is 18.3. The van der Waals surface area contributed by atoms with Gasteiger partial charge in [0.2, 0.25) is 5.76 Å². The van der Waals surface area contributed by atoms with Gasteiger partial charge in [-0.2, -0.15) is 0 Å². The third kappa shape index (κ3) is 3.95. The number of aryl methyl sites for hydroxylation is 1. The molecule has 162 valence electrons. The van der Waals surface area contributed by atoms with Gasteiger partial charge in [-0.05, 0) is 57.0 Å². The van der Waals surface area contributed by atoms with Gasteiger partial charge in [-0.15, -0.1) is 0 Å². The molecule has 4 rings (SSSR count). The molecule has 2 heterocycles. The molecule has 6 heteroatoms. The van der Waals surface area contributed by atoms with Crippen molar-refractivity contribution in [2.75, 3.05) is 20.3 Å². The Bertz CT molecular complexity index is 1180. The van der Waals surface area contributed by atoms with Crippen LogP contribution in [-0.2, 0) is 4.74 Å². The van der Waals surface area contributed by atoms with Gasteiger partial charge >= 0.3 is 0 Å². The Labute approximate surface area is 181 Å². The third-order valence-corrected chi connectivity index (χ3v) is 5.53. The van der Waals surface area contributed by atoms with Crippen molar-refractivity contribution in [3.63, 3.8) is 0 Å². The predicted octanol–water partition coefficient (Wildman–Crippen LogP) is 4.47. The SMILES string of the molecule is COc1cccc([C@@H]2c3c(oc4ccc(C)cc4c3=O)C(=O)N2CCCOC(C)C)c1. The van der Waals surface area contributed by atoms with Crippen LogP contribution in [-0.4, -0.2) is 37.2 Å². The van der Waals surface area contributed by atoms with Crippen LogP contribution in [0.25, 0.3) is 11.0 Å². The molecule has 31 heavy (non-hydrogen) atoms. The van der Waals surface area contributed by atoms with Crippen molar-refractivity contribution in [1.82, 2.24) is 4.90 Å². The first-order chi connectivity index (χ1) is 14.9. The van der Waals surface area contributed by atoms with E-state index in [2.05, 4.69) is 0 Å². The van der Waals surface area contributed by atoms with E-state index < -0.39 is 6.04 Å². The standard InChI is InChI=1S/C25H27NO5/c1-15(2)30-12-6-11-26-22(17-7-5-8-18(14-17)29-4)21-23(27)19-13-16(3)9-10-20(19)31-24(21)25(26)28/h5,7-10,13-15,22H,6,11-12H2,1-4H3/t22-/m1/s1. The van der Waals surface area contributed by atoms with E-state index >= 15 is 0 Å². The van der Waals surface area contributed by atoms with Crippen molar-refractivity contribution in [1.29, 1.82) is 0 Å². The summed E-state index contributed by atoms with van der Waals surface area (Å²) in [5, 5.41) is 0.490. The number of carbonyl (C=O) groups excluding carboxylic acids is 1. The summed E-state index contributed by atoms with van der Waals surface area (Å²) in [5.41, 5.74) is 2.43. The Hall–Kier alpha value is -3.12. The topological polar surface area (TPSA) is 69.0 Å². The molecule has 0 bridgehead atoms. The molecule has 0 spiro atoms. The Morgan fingerprint density at radius 2 is 1.94 bits per heavy atom. The fourth-order valence-electron chi connectivity index (χ4n) is 4.08. The summed E-state index contributed by atoms with van der Waals surface area (Å²) in [6, 6.07) is 12.4. The van der Waals surface area contributed by atoms with E-state index in [1.165, 1.54) is 0 Å². The monoisotopic (exact) mass is 421 g/mol. The molecule has 1 aliphatic heterocycles. The van der Waals surface area contributed by atoms with Crippen molar-refractivity contribution in [2.45, 2.75) is 39.3 Å². The number of methoxy groups -OCH3 is 1. The molecule has 0 N–H and O–H groups in total. The van der Waals surface area contributed by atoms with Crippen LogP contribution >= 0.6 is 0 Å². The zero-order valence-electron chi connectivity index (χ0n) is 18.3. The molecule has 0 unspecified atom stereocenters. The van der Waals surface area contributed by atoms with Crippen LogP contribution in [0.5, 0.6) is 5.75 Å². The molecule has 1 amide bonds. The quantitative estimate of drug-likeness (QED) is 0.527. The van der Waals surface area contributed by atoms with Crippen LogP contribution in [0.2, 0.25) is 0 Å². The Balaban J connectivity index is 1.83. The highest BCUT2D eigenvalue weighted by molar-refractivity contribution is 5.99. The van der Waals surface area contributed by atoms with Crippen molar-refractivity contribution in [2.24, 2.45) is 0 Å². The molecule has 2 aromatic carbocycles. The number of carbonyl (C=O) groups is 1. The molecule has 1 aliphatic rings. The number of amides is 1. The summed E-state index contributed by atoms with van der Waals surface area (Å²) in [7, 11) is 1.60. The number of fused-ring (bicyclic) bond motifs is 2. The smallest absolute Gasteiger partial charge is 0.290 e. The summed E-state index contributed by atoms with van der Waals surface area (Å²) in [6.45, 7) is 6.87. The number of benzene rings is 2. The lowest BCUT2D eigenvalue weighted by molar-refractivity contribution is 0.0593. The molecule has 0 aliphatic carbocycles. The van der Waals surface area contributed by atoms with Gasteiger partial charge in [0.25, 0.3) is 5.91 Å². The molecule has 0 saturated heterocycles. The van der Waals surface area contributed by atoms with Crippen LogP contribution in [0.15, 0.2) is 51.7 Å². The Morgan fingerprint density at radius 3 is 2.68 bits per heavy atom. The fourth-order valence-corrected chi connectivity index (χ4v) is 4.08. The lowest BCUT2D eigenvalue weighted by Crippen LogP contribution is -2.31. The summed E-state index contributed by atoms with van der Waals surface area (Å²) in [5.74, 6) is 0.522. The minimum atomic E-state index is -0.530. The third-order valence-electron chi connectivity index (χ3n) is 5.53. The molecule has 0 saturated carbocycles. The first-order valence-corrected chi connectivity index (χ1v) is 10.5. The van der Waals surface area contributed by atoms with Crippen LogP contribution in [0.3, 0.4) is 0 Å². The zero-order chi connectivity index (χ0) is 22.1. The summed E-state index contributed by atoms with van der Waals surface area (Å²) in [4.78, 5) is 28.6. The van der Waals surface area contributed by atoms with Crippen LogP contribution < -0.4 is 10.2 Å². The van der Waals surface area contributed by atoms with Gasteiger partial charge < -0.3 is 18.8 Å². The first-order valence-electron chi connectivity index (χ1n) is 10.5. The molecule has 1 atom stereocenters. The van der Waals surface area contributed by atoms with Gasteiger partial charge in [-0.25, -0.2) is 0 Å². The number of hydrogen-bond acceptors (Lipinski definition) is 5. The van der Waals surface area contributed by atoms with Crippen LogP contribution in [0, 0.1) is 6.92 Å². The lowest BCUT2D eigenvalue weighted by Gasteiger charge is -2.25. The maximum Gasteiger partial charge on any atom is 0.290 e. The van der Waals surface area contributed by atoms with E-state index in [0.717, 1.165) is 11.1 Å². The second kappa shape index (κ2) is 8.55. The van der Waals surface area contributed by atoms with Gasteiger partial charge in [0.1, 0.15) is 11.3 Å². The lowest BCUT2D eigenvalue weighted by atomic mass is 9.98. The number of nitrogens with zero attached hydrogens (tertiary/aromatic N) is 1. The predicted molar refractivity (Wildman–Crippen MR) is 119 cm³/mol. The van der Waals surface area contributed by atoms with E-state index in [1.54, 1.807) is 18.1 Å². The van der Waals surface area contributed by atoms with E-state index in [4.69, 9.17) is 13.9 Å². The number of ether oxygens (including phenoxy) is 2. The highest BCUT2D eigenvalue weighted by Crippen LogP contribution is 2.39. The van der Waals surface area contributed by atoms with Gasteiger partial charge in [0.15, 0.2) is 5.43 Å². The van der Waals surface area contributed by atoms with Gasteiger partial charge in [-0.3, -0.25) is 9.59 Å². The second-order valence-corrected chi connectivity index (χ2v) is 8.12. The highest BCUT2D eigenvalue weighted by Gasteiger charge is 2.42. The van der Waals surface area contributed by atoms with E-state index in [-0.39, 0.29) is 23.2 Å². The molecular weight excluding hydrogens is 394 g/mol. The molecule has 3 aromatic rings. The van der Waals surface area contributed by atoms with E-state index in [9.17, 15) is 9.59 Å². The maximum atomic E-state index is 13.5. The molecule has 0 radical (unpaired) electrons. The number of hydrogen-bond donors (Lipinski definition) is 0. The van der Waals surface area contributed by atoms with Gasteiger partial charge in [-0.1, -0.05) is 23.8 Å². The Morgan fingerprint density at radius 1 is 1.13 bits per heavy atom. The molecule has 0 fully saturated rings.